The van der Waals surface area contributed by atoms with E-state index in [1.807, 2.05) is 44.2 Å². The lowest BCUT2D eigenvalue weighted by molar-refractivity contribution is -0.120. The Hall–Kier alpha value is -2.60. The van der Waals surface area contributed by atoms with Crippen LogP contribution >= 0.6 is 0 Å². The fourth-order valence-corrected chi connectivity index (χ4v) is 2.19. The standard InChI is InChI=1S/C17H21N3O3/c1-11(2)15(18)16(21)20(10-12-6-4-3-5-7-12)13-8-14(17(22)23)19-9-13/h3-9,11,15,19H,10,18H2,1-2H3,(H,22,23)/t15-/m0/s1. The number of amides is 1. The number of hydrogen-bond acceptors (Lipinski definition) is 3. The number of nitrogens with zero attached hydrogens (tertiary/aromatic N) is 1. The number of rotatable bonds is 6. The van der Waals surface area contributed by atoms with Gasteiger partial charge in [0.05, 0.1) is 18.3 Å². The summed E-state index contributed by atoms with van der Waals surface area (Å²) >= 11 is 0. The van der Waals surface area contributed by atoms with E-state index in [9.17, 15) is 9.59 Å². The summed E-state index contributed by atoms with van der Waals surface area (Å²) in [5.41, 5.74) is 7.46. The second kappa shape index (κ2) is 7.11. The first-order chi connectivity index (χ1) is 10.9. The van der Waals surface area contributed by atoms with Crippen LogP contribution < -0.4 is 10.6 Å². The first kappa shape index (κ1) is 16.8. The Kier molecular flexibility index (Phi) is 5.18. The molecule has 1 aromatic heterocycles. The number of aromatic nitrogens is 1. The number of anilines is 1. The van der Waals surface area contributed by atoms with Gasteiger partial charge in [-0.15, -0.1) is 0 Å². The maximum atomic E-state index is 12.7. The van der Waals surface area contributed by atoms with Crippen LogP contribution in [0.3, 0.4) is 0 Å². The number of hydrogen-bond donors (Lipinski definition) is 3. The van der Waals surface area contributed by atoms with Crippen molar-refractivity contribution in [2.24, 2.45) is 11.7 Å². The molecule has 0 saturated carbocycles. The average molecular weight is 315 g/mol. The molecule has 4 N–H and O–H groups in total. The Morgan fingerprint density at radius 2 is 1.91 bits per heavy atom. The van der Waals surface area contributed by atoms with E-state index in [1.165, 1.54) is 17.2 Å². The van der Waals surface area contributed by atoms with Gasteiger partial charge >= 0.3 is 5.97 Å². The molecule has 23 heavy (non-hydrogen) atoms. The molecule has 0 bridgehead atoms. The van der Waals surface area contributed by atoms with Crippen LogP contribution in [0.25, 0.3) is 0 Å². The predicted octanol–water partition coefficient (Wildman–Crippen LogP) is 2.23. The molecule has 0 saturated heterocycles. The van der Waals surface area contributed by atoms with Gasteiger partial charge in [-0.05, 0) is 17.5 Å². The van der Waals surface area contributed by atoms with Crippen molar-refractivity contribution in [3.63, 3.8) is 0 Å². The number of benzene rings is 1. The summed E-state index contributed by atoms with van der Waals surface area (Å²) in [5, 5.41) is 9.05. The lowest BCUT2D eigenvalue weighted by atomic mass is 10.0. The van der Waals surface area contributed by atoms with Gasteiger partial charge in [0.15, 0.2) is 0 Å². The Morgan fingerprint density at radius 1 is 1.26 bits per heavy atom. The Morgan fingerprint density at radius 3 is 2.43 bits per heavy atom. The fourth-order valence-electron chi connectivity index (χ4n) is 2.19. The molecular weight excluding hydrogens is 294 g/mol. The summed E-state index contributed by atoms with van der Waals surface area (Å²) in [7, 11) is 0. The molecule has 0 aliphatic carbocycles. The van der Waals surface area contributed by atoms with Crippen LogP contribution in [-0.4, -0.2) is 28.0 Å². The summed E-state index contributed by atoms with van der Waals surface area (Å²) in [5.74, 6) is -1.32. The molecule has 1 atom stereocenters. The highest BCUT2D eigenvalue weighted by Crippen LogP contribution is 2.21. The molecule has 0 unspecified atom stereocenters. The van der Waals surface area contributed by atoms with Crippen molar-refractivity contribution >= 4 is 17.6 Å². The van der Waals surface area contributed by atoms with Crippen LogP contribution in [0, 0.1) is 5.92 Å². The quantitative estimate of drug-likeness (QED) is 0.761. The number of aromatic amines is 1. The van der Waals surface area contributed by atoms with Crippen molar-refractivity contribution in [2.75, 3.05) is 4.90 Å². The third-order valence-electron chi connectivity index (χ3n) is 3.66. The number of nitrogens with one attached hydrogen (secondary N) is 1. The summed E-state index contributed by atoms with van der Waals surface area (Å²) in [6.45, 7) is 4.09. The van der Waals surface area contributed by atoms with Gasteiger partial charge < -0.3 is 20.7 Å². The van der Waals surface area contributed by atoms with E-state index in [-0.39, 0.29) is 17.5 Å². The van der Waals surface area contributed by atoms with E-state index in [0.29, 0.717) is 12.2 Å². The number of carbonyl (C=O) groups excluding carboxylic acids is 1. The fraction of sp³-hybridized carbons (Fsp3) is 0.294. The zero-order valence-electron chi connectivity index (χ0n) is 13.2. The number of carbonyl (C=O) groups is 2. The van der Waals surface area contributed by atoms with Crippen molar-refractivity contribution in [1.29, 1.82) is 0 Å². The minimum absolute atomic E-state index is 0.0151. The molecule has 6 heteroatoms. The first-order valence-electron chi connectivity index (χ1n) is 7.42. The lowest BCUT2D eigenvalue weighted by Gasteiger charge is -2.26. The molecule has 122 valence electrons. The average Bonchev–Trinajstić information content (AvgIpc) is 3.02. The van der Waals surface area contributed by atoms with Gasteiger partial charge in [0, 0.05) is 6.20 Å². The summed E-state index contributed by atoms with van der Waals surface area (Å²) in [4.78, 5) is 27.9. The highest BCUT2D eigenvalue weighted by atomic mass is 16.4. The van der Waals surface area contributed by atoms with Crippen LogP contribution in [0.1, 0.15) is 29.9 Å². The van der Waals surface area contributed by atoms with Gasteiger partial charge in [-0.3, -0.25) is 4.79 Å². The number of aromatic carboxylic acids is 1. The molecule has 0 spiro atoms. The molecule has 2 rings (SSSR count). The van der Waals surface area contributed by atoms with Gasteiger partial charge in [0.2, 0.25) is 5.91 Å². The highest BCUT2D eigenvalue weighted by molar-refractivity contribution is 5.98. The van der Waals surface area contributed by atoms with Crippen LogP contribution in [-0.2, 0) is 11.3 Å². The topological polar surface area (TPSA) is 99.4 Å². The number of carboxylic acid groups (broad SMARTS) is 1. The third-order valence-corrected chi connectivity index (χ3v) is 3.66. The smallest absolute Gasteiger partial charge is 0.352 e. The summed E-state index contributed by atoms with van der Waals surface area (Å²) < 4.78 is 0. The van der Waals surface area contributed by atoms with Crippen molar-refractivity contribution in [3.8, 4) is 0 Å². The Labute approximate surface area is 134 Å². The molecule has 1 aromatic carbocycles. The minimum Gasteiger partial charge on any atom is -0.477 e. The second-order valence-corrected chi connectivity index (χ2v) is 5.76. The molecule has 0 radical (unpaired) electrons. The number of H-pyrrole nitrogens is 1. The molecule has 0 fully saturated rings. The molecule has 0 aliphatic heterocycles. The molecule has 2 aromatic rings. The van der Waals surface area contributed by atoms with E-state index in [1.54, 1.807) is 0 Å². The predicted molar refractivity (Wildman–Crippen MR) is 88.2 cm³/mol. The second-order valence-electron chi connectivity index (χ2n) is 5.76. The normalized spacial score (nSPS) is 12.2. The van der Waals surface area contributed by atoms with Crippen LogP contribution in [0.5, 0.6) is 0 Å². The molecule has 1 heterocycles. The first-order valence-corrected chi connectivity index (χ1v) is 7.42. The molecule has 0 aliphatic rings. The lowest BCUT2D eigenvalue weighted by Crippen LogP contribution is -2.46. The van der Waals surface area contributed by atoms with Crippen LogP contribution in [0.15, 0.2) is 42.6 Å². The zero-order valence-corrected chi connectivity index (χ0v) is 13.2. The molecule has 1 amide bonds. The van der Waals surface area contributed by atoms with E-state index >= 15 is 0 Å². The highest BCUT2D eigenvalue weighted by Gasteiger charge is 2.26. The largest absolute Gasteiger partial charge is 0.477 e. The summed E-state index contributed by atoms with van der Waals surface area (Å²) in [6, 6.07) is 10.3. The van der Waals surface area contributed by atoms with Gasteiger partial charge in [-0.2, -0.15) is 0 Å². The van der Waals surface area contributed by atoms with Crippen molar-refractivity contribution < 1.29 is 14.7 Å². The SMILES string of the molecule is CC(C)[C@H](N)C(=O)N(Cc1ccccc1)c1c[nH]c(C(=O)O)c1. The number of carboxylic acids is 1. The minimum atomic E-state index is -1.07. The van der Waals surface area contributed by atoms with Crippen molar-refractivity contribution in [1.82, 2.24) is 4.98 Å². The maximum Gasteiger partial charge on any atom is 0.352 e. The van der Waals surface area contributed by atoms with E-state index < -0.39 is 12.0 Å². The number of nitrogens with two attached hydrogens (primary N) is 1. The van der Waals surface area contributed by atoms with Crippen molar-refractivity contribution in [2.45, 2.75) is 26.4 Å². The van der Waals surface area contributed by atoms with Gasteiger partial charge in [0.1, 0.15) is 5.69 Å². The molecule has 6 nitrogen and oxygen atoms in total. The summed E-state index contributed by atoms with van der Waals surface area (Å²) in [6.07, 6.45) is 1.51. The van der Waals surface area contributed by atoms with Crippen molar-refractivity contribution in [3.05, 3.63) is 53.9 Å². The van der Waals surface area contributed by atoms with Crippen LogP contribution in [0.2, 0.25) is 0 Å². The van der Waals surface area contributed by atoms with Gasteiger partial charge in [-0.1, -0.05) is 44.2 Å². The molecular formula is C17H21N3O3. The zero-order chi connectivity index (χ0) is 17.0. The third kappa shape index (κ3) is 3.98. The maximum absolute atomic E-state index is 12.7. The monoisotopic (exact) mass is 315 g/mol. The van der Waals surface area contributed by atoms with E-state index in [4.69, 9.17) is 10.8 Å². The van der Waals surface area contributed by atoms with E-state index in [2.05, 4.69) is 4.98 Å². The van der Waals surface area contributed by atoms with Gasteiger partial charge in [-0.25, -0.2) is 4.79 Å². The van der Waals surface area contributed by atoms with Crippen LogP contribution in [0.4, 0.5) is 5.69 Å². The van der Waals surface area contributed by atoms with E-state index in [0.717, 1.165) is 5.56 Å². The van der Waals surface area contributed by atoms with Gasteiger partial charge in [0.25, 0.3) is 0 Å². The Balaban J connectivity index is 2.33. The Bertz CT molecular complexity index is 679.